The molecule has 2 saturated heterocycles. The fourth-order valence-electron chi connectivity index (χ4n) is 4.26. The largest absolute Gasteiger partial charge is 0.390 e. The van der Waals surface area contributed by atoms with Crippen molar-refractivity contribution in [3.63, 3.8) is 0 Å². The van der Waals surface area contributed by atoms with Gasteiger partial charge in [0.25, 0.3) is 0 Å². The minimum Gasteiger partial charge on any atom is -0.390 e. The molecule has 2 rings (SSSR count). The van der Waals surface area contributed by atoms with Crippen LogP contribution in [-0.4, -0.2) is 71.7 Å². The second kappa shape index (κ2) is 8.83. The highest BCUT2D eigenvalue weighted by molar-refractivity contribution is 5.86. The fraction of sp³-hybridized carbons (Fsp3) is 0.950. The number of carbonyl (C=O) groups excluding carboxylic acids is 1. The molecule has 1 spiro atoms. The van der Waals surface area contributed by atoms with E-state index in [4.69, 9.17) is 0 Å². The summed E-state index contributed by atoms with van der Waals surface area (Å²) in [6.07, 6.45) is 7.32. The van der Waals surface area contributed by atoms with Crippen molar-refractivity contribution in [3.05, 3.63) is 0 Å². The molecule has 5 nitrogen and oxygen atoms in total. The lowest BCUT2D eigenvalue weighted by Crippen LogP contribution is -2.60. The zero-order chi connectivity index (χ0) is 18.5. The Labute approximate surface area is 154 Å². The summed E-state index contributed by atoms with van der Waals surface area (Å²) in [6.45, 7) is 11.1. The molecular weight excluding hydrogens is 314 g/mol. The van der Waals surface area contributed by atoms with Gasteiger partial charge in [0, 0.05) is 26.2 Å². The first-order valence-corrected chi connectivity index (χ1v) is 10.2. The molecule has 1 amide bonds. The maximum Gasteiger partial charge on any atom is 0.240 e. The van der Waals surface area contributed by atoms with Gasteiger partial charge >= 0.3 is 0 Å². The highest BCUT2D eigenvalue weighted by atomic mass is 16.3. The average Bonchev–Trinajstić information content (AvgIpc) is 2.67. The van der Waals surface area contributed by atoms with E-state index in [-0.39, 0.29) is 11.4 Å². The Balaban J connectivity index is 1.72. The number of likely N-dealkylation sites (N-methyl/N-ethyl adjacent to an activating group) is 1. The van der Waals surface area contributed by atoms with Crippen molar-refractivity contribution >= 4 is 5.91 Å². The van der Waals surface area contributed by atoms with Gasteiger partial charge in [-0.2, -0.15) is 0 Å². The van der Waals surface area contributed by atoms with Crippen LogP contribution in [0.25, 0.3) is 0 Å². The fourth-order valence-corrected chi connectivity index (χ4v) is 4.26. The second-order valence-corrected chi connectivity index (χ2v) is 9.00. The average molecular weight is 354 g/mol. The number of aliphatic hydroxyl groups is 1. The molecule has 0 aliphatic carbocycles. The van der Waals surface area contributed by atoms with Crippen LogP contribution in [0.15, 0.2) is 0 Å². The van der Waals surface area contributed by atoms with Crippen LogP contribution in [0.3, 0.4) is 0 Å². The number of carbonyl (C=O) groups is 1. The van der Waals surface area contributed by atoms with Crippen LogP contribution in [0.4, 0.5) is 0 Å². The predicted molar refractivity (Wildman–Crippen MR) is 103 cm³/mol. The third kappa shape index (κ3) is 5.93. The summed E-state index contributed by atoms with van der Waals surface area (Å²) in [6, 6.07) is 0. The Morgan fingerprint density at radius 3 is 2.56 bits per heavy atom. The van der Waals surface area contributed by atoms with Crippen molar-refractivity contribution < 1.29 is 9.90 Å². The lowest BCUT2D eigenvalue weighted by Gasteiger charge is -2.45. The Hall–Kier alpha value is -0.650. The van der Waals surface area contributed by atoms with E-state index in [1.54, 1.807) is 0 Å². The van der Waals surface area contributed by atoms with E-state index in [2.05, 4.69) is 29.1 Å². The van der Waals surface area contributed by atoms with Gasteiger partial charge in [0.1, 0.15) is 5.54 Å². The second-order valence-electron chi connectivity index (χ2n) is 9.00. The quantitative estimate of drug-likeness (QED) is 0.737. The molecule has 0 radical (unpaired) electrons. The van der Waals surface area contributed by atoms with Gasteiger partial charge in [-0.05, 0) is 65.5 Å². The summed E-state index contributed by atoms with van der Waals surface area (Å²) in [7, 11) is 2.12. The number of nitrogens with one attached hydrogen (secondary N) is 1. The standard InChI is InChI=1S/C20H39N3O2/c1-17(7-5-9-19(2,3)25)8-14-23-15-10-20(11-16-23)18(24)21-12-6-13-22(20)4/h17,25H,5-16H2,1-4H3,(H,21,24)/t17-/m0/s1. The minimum absolute atomic E-state index is 0.243. The summed E-state index contributed by atoms with van der Waals surface area (Å²) < 4.78 is 0. The molecule has 2 heterocycles. The van der Waals surface area contributed by atoms with E-state index in [0.29, 0.717) is 5.92 Å². The molecule has 25 heavy (non-hydrogen) atoms. The molecular formula is C20H39N3O2. The number of amides is 1. The maximum atomic E-state index is 12.6. The number of nitrogens with zero attached hydrogens (tertiary/aromatic N) is 2. The molecule has 0 saturated carbocycles. The van der Waals surface area contributed by atoms with Gasteiger partial charge in [-0.3, -0.25) is 9.69 Å². The van der Waals surface area contributed by atoms with Crippen LogP contribution in [0, 0.1) is 5.92 Å². The highest BCUT2D eigenvalue weighted by Gasteiger charge is 2.45. The first-order valence-electron chi connectivity index (χ1n) is 10.2. The van der Waals surface area contributed by atoms with Crippen molar-refractivity contribution in [2.45, 2.75) is 76.9 Å². The minimum atomic E-state index is -0.535. The number of piperidine rings is 1. The molecule has 0 aromatic rings. The Morgan fingerprint density at radius 2 is 1.92 bits per heavy atom. The Kier molecular flexibility index (Phi) is 7.29. The Bertz CT molecular complexity index is 425. The molecule has 2 aliphatic heterocycles. The number of hydrogen-bond donors (Lipinski definition) is 2. The van der Waals surface area contributed by atoms with Gasteiger partial charge in [0.05, 0.1) is 5.60 Å². The lowest BCUT2D eigenvalue weighted by molar-refractivity contribution is -0.134. The van der Waals surface area contributed by atoms with Gasteiger partial charge in [-0.1, -0.05) is 19.8 Å². The summed E-state index contributed by atoms with van der Waals surface area (Å²) in [5.74, 6) is 0.939. The lowest BCUT2D eigenvalue weighted by atomic mass is 9.84. The van der Waals surface area contributed by atoms with Crippen LogP contribution in [0.5, 0.6) is 0 Å². The molecule has 2 fully saturated rings. The molecule has 2 N–H and O–H groups in total. The van der Waals surface area contributed by atoms with Gasteiger partial charge < -0.3 is 15.3 Å². The summed E-state index contributed by atoms with van der Waals surface area (Å²) >= 11 is 0. The van der Waals surface area contributed by atoms with E-state index in [1.807, 2.05) is 13.8 Å². The van der Waals surface area contributed by atoms with E-state index >= 15 is 0 Å². The third-order valence-corrected chi connectivity index (χ3v) is 6.22. The monoisotopic (exact) mass is 353 g/mol. The topological polar surface area (TPSA) is 55.8 Å². The van der Waals surface area contributed by atoms with E-state index in [1.165, 1.54) is 12.8 Å². The summed E-state index contributed by atoms with van der Waals surface area (Å²) in [5.41, 5.74) is -0.808. The molecule has 0 aromatic carbocycles. The summed E-state index contributed by atoms with van der Waals surface area (Å²) in [4.78, 5) is 17.4. The van der Waals surface area contributed by atoms with Crippen molar-refractivity contribution in [1.82, 2.24) is 15.1 Å². The van der Waals surface area contributed by atoms with E-state index in [0.717, 1.165) is 64.8 Å². The molecule has 0 bridgehead atoms. The van der Waals surface area contributed by atoms with Crippen molar-refractivity contribution in [2.75, 3.05) is 39.8 Å². The van der Waals surface area contributed by atoms with Crippen molar-refractivity contribution in [1.29, 1.82) is 0 Å². The van der Waals surface area contributed by atoms with Crippen molar-refractivity contribution in [2.24, 2.45) is 5.92 Å². The number of likely N-dealkylation sites (tertiary alicyclic amines) is 1. The first-order chi connectivity index (χ1) is 11.7. The van der Waals surface area contributed by atoms with Crippen molar-refractivity contribution in [3.8, 4) is 0 Å². The van der Waals surface area contributed by atoms with E-state index in [9.17, 15) is 9.90 Å². The van der Waals surface area contributed by atoms with Crippen LogP contribution >= 0.6 is 0 Å². The molecule has 0 aromatic heterocycles. The Morgan fingerprint density at radius 1 is 1.24 bits per heavy atom. The highest BCUT2D eigenvalue weighted by Crippen LogP contribution is 2.30. The smallest absolute Gasteiger partial charge is 0.240 e. The zero-order valence-electron chi connectivity index (χ0n) is 16.8. The molecule has 1 atom stereocenters. The third-order valence-electron chi connectivity index (χ3n) is 6.22. The zero-order valence-corrected chi connectivity index (χ0v) is 16.8. The molecule has 2 aliphatic rings. The molecule has 5 heteroatoms. The first kappa shape index (κ1) is 20.7. The molecule has 146 valence electrons. The van der Waals surface area contributed by atoms with Gasteiger partial charge in [0.15, 0.2) is 0 Å². The summed E-state index contributed by atoms with van der Waals surface area (Å²) in [5, 5.41) is 12.9. The predicted octanol–water partition coefficient (Wildman–Crippen LogP) is 2.24. The maximum absolute atomic E-state index is 12.6. The van der Waals surface area contributed by atoms with Crippen LogP contribution in [-0.2, 0) is 4.79 Å². The van der Waals surface area contributed by atoms with Crippen LogP contribution in [0.2, 0.25) is 0 Å². The number of rotatable bonds is 7. The van der Waals surface area contributed by atoms with Crippen LogP contribution < -0.4 is 5.32 Å². The molecule has 0 unspecified atom stereocenters. The van der Waals surface area contributed by atoms with Gasteiger partial charge in [-0.25, -0.2) is 0 Å². The van der Waals surface area contributed by atoms with Gasteiger partial charge in [0.2, 0.25) is 5.91 Å². The number of hydrogen-bond acceptors (Lipinski definition) is 4. The normalized spacial score (nSPS) is 24.1. The van der Waals surface area contributed by atoms with E-state index < -0.39 is 5.60 Å². The van der Waals surface area contributed by atoms with Gasteiger partial charge in [-0.15, -0.1) is 0 Å². The van der Waals surface area contributed by atoms with Crippen LogP contribution in [0.1, 0.15) is 65.7 Å². The SMILES string of the molecule is C[C@@H](CCCC(C)(C)O)CCN1CCC2(CC1)C(=O)NCCCN2C.